The van der Waals surface area contributed by atoms with Crippen LogP contribution in [-0.4, -0.2) is 10.4 Å². The summed E-state index contributed by atoms with van der Waals surface area (Å²) in [6.07, 6.45) is 0. The summed E-state index contributed by atoms with van der Waals surface area (Å²) in [5.41, 5.74) is 3.28. The molecule has 0 aliphatic heterocycles. The summed E-state index contributed by atoms with van der Waals surface area (Å²) < 4.78 is 0. The van der Waals surface area contributed by atoms with Crippen LogP contribution in [0, 0.1) is 22.7 Å². The van der Waals surface area contributed by atoms with E-state index in [1.807, 2.05) is 0 Å². The lowest BCUT2D eigenvalue weighted by molar-refractivity contribution is 0.740. The summed E-state index contributed by atoms with van der Waals surface area (Å²) in [7, 11) is 0. The van der Waals surface area contributed by atoms with Crippen LogP contribution in [0.5, 0.6) is 0 Å². The number of nitrogens with two attached hydrogens (primary N) is 1. The molecular weight excluding hydrogens is 161 g/mol. The minimum absolute atomic E-state index is 1.17. The third-order valence-electron chi connectivity index (χ3n) is 0.714. The van der Waals surface area contributed by atoms with Crippen molar-refractivity contribution >= 4 is 23.2 Å². The summed E-state index contributed by atoms with van der Waals surface area (Å²) >= 11 is 10.4. The predicted octanol–water partition coefficient (Wildman–Crippen LogP) is 0.535. The summed E-state index contributed by atoms with van der Waals surface area (Å²) in [6, 6.07) is 2.96. The van der Waals surface area contributed by atoms with E-state index in [0.717, 1.165) is 0 Å². The van der Waals surface area contributed by atoms with Gasteiger partial charge in [0.25, 0.3) is 0 Å². The molecule has 2 N–H and O–H groups in total. The van der Waals surface area contributed by atoms with E-state index in [1.165, 1.54) is 12.1 Å². The first-order chi connectivity index (χ1) is 4.06. The zero-order chi connectivity index (χ0) is 7.49. The van der Waals surface area contributed by atoms with Crippen molar-refractivity contribution < 1.29 is 0 Å². The quantitative estimate of drug-likeness (QED) is 0.574. The Hall–Kier alpha value is -0.480. The van der Waals surface area contributed by atoms with Gasteiger partial charge in [0.05, 0.1) is 0 Å². The summed E-state index contributed by atoms with van der Waals surface area (Å²) in [4.78, 5) is -1.17. The number of nitrogens with zero attached hydrogens (tertiary/aromatic N) is 2. The molecule has 0 radical (unpaired) electrons. The van der Waals surface area contributed by atoms with Gasteiger partial charge in [0.15, 0.2) is 4.84 Å². The molecule has 0 aliphatic carbocycles. The van der Waals surface area contributed by atoms with E-state index in [-0.39, 0.29) is 0 Å². The van der Waals surface area contributed by atoms with Crippen molar-refractivity contribution in [3.05, 3.63) is 0 Å². The lowest BCUT2D eigenvalue weighted by atomic mass is 10.1. The van der Waals surface area contributed by atoms with Crippen LogP contribution in [0.15, 0.2) is 0 Å². The highest BCUT2D eigenvalue weighted by Gasteiger charge is 2.32. The molecule has 3 nitrogen and oxygen atoms in total. The molecule has 0 spiro atoms. The van der Waals surface area contributed by atoms with Crippen molar-refractivity contribution in [2.75, 3.05) is 0 Å². The van der Waals surface area contributed by atoms with Gasteiger partial charge in [0, 0.05) is 0 Å². The lowest BCUT2D eigenvalue weighted by Gasteiger charge is -2.11. The average molecular weight is 164 g/mol. The maximum absolute atomic E-state index is 8.19. The van der Waals surface area contributed by atoms with E-state index in [4.69, 9.17) is 39.5 Å². The maximum atomic E-state index is 8.19. The van der Waals surface area contributed by atoms with E-state index >= 15 is 0 Å². The zero-order valence-corrected chi connectivity index (χ0v) is 5.82. The van der Waals surface area contributed by atoms with Crippen molar-refractivity contribution in [1.29, 1.82) is 10.5 Å². The van der Waals surface area contributed by atoms with E-state index in [1.54, 1.807) is 0 Å². The van der Waals surface area contributed by atoms with Crippen LogP contribution >= 0.6 is 23.2 Å². The van der Waals surface area contributed by atoms with Crippen LogP contribution in [-0.2, 0) is 0 Å². The number of alkyl halides is 2. The highest BCUT2D eigenvalue weighted by Crippen LogP contribution is 2.15. The molecule has 9 heavy (non-hydrogen) atoms. The summed E-state index contributed by atoms with van der Waals surface area (Å²) in [6.45, 7) is 0. The van der Waals surface area contributed by atoms with Gasteiger partial charge in [0.2, 0.25) is 5.54 Å². The first-order valence-corrected chi connectivity index (χ1v) is 2.83. The van der Waals surface area contributed by atoms with Crippen molar-refractivity contribution in [3.63, 3.8) is 0 Å². The molecule has 0 saturated carbocycles. The van der Waals surface area contributed by atoms with E-state index in [9.17, 15) is 0 Å². The minimum atomic E-state index is -1.77. The Labute approximate surface area is 62.6 Å². The van der Waals surface area contributed by atoms with Gasteiger partial charge in [-0.3, -0.25) is 5.73 Å². The van der Waals surface area contributed by atoms with Crippen molar-refractivity contribution in [3.8, 4) is 12.1 Å². The zero-order valence-electron chi connectivity index (χ0n) is 4.31. The molecule has 0 saturated heterocycles. The van der Waals surface area contributed by atoms with Crippen molar-refractivity contribution in [2.45, 2.75) is 10.4 Å². The van der Waals surface area contributed by atoms with E-state index < -0.39 is 10.4 Å². The van der Waals surface area contributed by atoms with Crippen LogP contribution in [0.4, 0.5) is 0 Å². The second-order valence-electron chi connectivity index (χ2n) is 1.39. The highest BCUT2D eigenvalue weighted by molar-refractivity contribution is 6.45. The molecule has 0 heterocycles. The molecule has 0 aromatic carbocycles. The average Bonchev–Trinajstić information content (AvgIpc) is 1.86. The van der Waals surface area contributed by atoms with Gasteiger partial charge in [-0.1, -0.05) is 0 Å². The molecule has 0 bridgehead atoms. The SMILES string of the molecule is N#CC(N)(C#N)C(Cl)Cl. The monoisotopic (exact) mass is 163 g/mol. The smallest absolute Gasteiger partial charge is 0.221 e. The Balaban J connectivity index is 4.39. The van der Waals surface area contributed by atoms with Gasteiger partial charge >= 0.3 is 0 Å². The number of halogens is 2. The number of rotatable bonds is 1. The molecule has 5 heteroatoms. The van der Waals surface area contributed by atoms with Crippen LogP contribution in [0.2, 0.25) is 0 Å². The molecule has 0 amide bonds. The maximum Gasteiger partial charge on any atom is 0.221 e. The Kier molecular flexibility index (Phi) is 2.73. The Bertz CT molecular complexity index is 161. The van der Waals surface area contributed by atoms with Crippen molar-refractivity contribution in [1.82, 2.24) is 0 Å². The van der Waals surface area contributed by atoms with E-state index in [2.05, 4.69) is 0 Å². The van der Waals surface area contributed by atoms with Gasteiger partial charge in [-0.2, -0.15) is 10.5 Å². The standard InChI is InChI=1S/C4H3Cl2N3/c5-3(6)4(9,1-7)2-8/h3H,9H2. The number of nitriles is 2. The van der Waals surface area contributed by atoms with Crippen LogP contribution < -0.4 is 5.73 Å². The Morgan fingerprint density at radius 1 is 1.33 bits per heavy atom. The number of hydrogen-bond acceptors (Lipinski definition) is 3. The Morgan fingerprint density at radius 3 is 1.67 bits per heavy atom. The molecule has 0 unspecified atom stereocenters. The fraction of sp³-hybridized carbons (Fsp3) is 0.500. The fourth-order valence-electron chi connectivity index (χ4n) is 0.123. The first kappa shape index (κ1) is 8.52. The second-order valence-corrected chi connectivity index (χ2v) is 2.49. The van der Waals surface area contributed by atoms with Gasteiger partial charge < -0.3 is 0 Å². The van der Waals surface area contributed by atoms with Crippen LogP contribution in [0.3, 0.4) is 0 Å². The largest absolute Gasteiger partial charge is 0.299 e. The Morgan fingerprint density at radius 2 is 1.67 bits per heavy atom. The molecule has 0 aliphatic rings. The normalized spacial score (nSPS) is 10.4. The molecule has 0 rings (SSSR count). The van der Waals surface area contributed by atoms with Crippen molar-refractivity contribution in [2.24, 2.45) is 5.73 Å². The minimum Gasteiger partial charge on any atom is -0.299 e. The summed E-state index contributed by atoms with van der Waals surface area (Å²) in [5, 5.41) is 16.4. The molecular formula is C4H3Cl2N3. The second kappa shape index (κ2) is 2.89. The summed E-state index contributed by atoms with van der Waals surface area (Å²) in [5.74, 6) is 0. The molecule has 0 aromatic rings. The number of hydrogen-bond donors (Lipinski definition) is 1. The third-order valence-corrected chi connectivity index (χ3v) is 1.40. The topological polar surface area (TPSA) is 73.6 Å². The highest BCUT2D eigenvalue weighted by atomic mass is 35.5. The van der Waals surface area contributed by atoms with Gasteiger partial charge in [-0.05, 0) is 0 Å². The van der Waals surface area contributed by atoms with Gasteiger partial charge in [-0.25, -0.2) is 0 Å². The molecule has 48 valence electrons. The van der Waals surface area contributed by atoms with Crippen LogP contribution in [0.1, 0.15) is 0 Å². The van der Waals surface area contributed by atoms with E-state index in [0.29, 0.717) is 0 Å². The fourth-order valence-corrected chi connectivity index (χ4v) is 0.318. The third kappa shape index (κ3) is 1.73. The predicted molar refractivity (Wildman–Crippen MR) is 33.6 cm³/mol. The van der Waals surface area contributed by atoms with Gasteiger partial charge in [0.1, 0.15) is 12.1 Å². The first-order valence-electron chi connectivity index (χ1n) is 1.96. The van der Waals surface area contributed by atoms with Gasteiger partial charge in [-0.15, -0.1) is 23.2 Å². The lowest BCUT2D eigenvalue weighted by Crippen LogP contribution is -2.42. The molecule has 0 fully saturated rings. The van der Waals surface area contributed by atoms with Crippen LogP contribution in [0.25, 0.3) is 0 Å². The molecule has 0 aromatic heterocycles. The molecule has 0 atom stereocenters.